The number of amides is 1. The van der Waals surface area contributed by atoms with Crippen LogP contribution in [-0.4, -0.2) is 46.6 Å². The lowest BCUT2D eigenvalue weighted by atomic mass is 9.96. The third kappa shape index (κ3) is 6.76. The molecule has 2 heterocycles. The number of thioether (sulfide) groups is 1. The smallest absolute Gasteiger partial charge is 0.341 e. The van der Waals surface area contributed by atoms with Gasteiger partial charge in [0, 0.05) is 11.4 Å². The number of aromatic nitrogens is 3. The Kier molecular flexibility index (Phi) is 9.83. The van der Waals surface area contributed by atoms with E-state index in [0.29, 0.717) is 33.8 Å². The Morgan fingerprint density at radius 2 is 1.84 bits per heavy atom. The molecule has 1 aliphatic rings. The van der Waals surface area contributed by atoms with Crippen molar-refractivity contribution in [3.63, 3.8) is 0 Å². The zero-order valence-corrected chi connectivity index (χ0v) is 23.3. The number of rotatable bonds is 11. The van der Waals surface area contributed by atoms with Gasteiger partial charge >= 0.3 is 5.97 Å². The Labute approximate surface area is 230 Å². The summed E-state index contributed by atoms with van der Waals surface area (Å²) in [6, 6.07) is 7.29. The first kappa shape index (κ1) is 27.7. The van der Waals surface area contributed by atoms with Gasteiger partial charge in [-0.2, -0.15) is 0 Å². The van der Waals surface area contributed by atoms with E-state index in [0.717, 1.165) is 43.4 Å². The summed E-state index contributed by atoms with van der Waals surface area (Å²) in [5, 5.41) is 12.6. The molecule has 0 atom stereocenters. The molecule has 9 nitrogen and oxygen atoms in total. The normalized spacial score (nSPS) is 13.1. The number of thiophene rings is 1. The maximum atomic E-state index is 12.9. The number of methoxy groups -OCH3 is 2. The van der Waals surface area contributed by atoms with Gasteiger partial charge in [-0.25, -0.2) is 4.79 Å². The van der Waals surface area contributed by atoms with E-state index < -0.39 is 5.97 Å². The number of nitrogens with one attached hydrogen (secondary N) is 1. The number of allylic oxidation sites excluding steroid dienone is 1. The number of esters is 1. The van der Waals surface area contributed by atoms with Crippen LogP contribution in [0.4, 0.5) is 5.00 Å². The summed E-state index contributed by atoms with van der Waals surface area (Å²) in [5.41, 5.74) is 1.53. The van der Waals surface area contributed by atoms with Gasteiger partial charge in [-0.1, -0.05) is 30.7 Å². The summed E-state index contributed by atoms with van der Waals surface area (Å²) < 4.78 is 18.0. The van der Waals surface area contributed by atoms with E-state index in [9.17, 15) is 9.59 Å². The minimum Gasteiger partial charge on any atom is -0.497 e. The highest BCUT2D eigenvalue weighted by molar-refractivity contribution is 7.99. The first-order valence-electron chi connectivity index (χ1n) is 12.5. The lowest BCUT2D eigenvalue weighted by molar-refractivity contribution is -0.113. The number of hydrogen-bond acceptors (Lipinski definition) is 9. The Hall–Kier alpha value is -3.31. The van der Waals surface area contributed by atoms with Gasteiger partial charge in [-0.05, 0) is 55.5 Å². The Morgan fingerprint density at radius 3 is 2.55 bits per heavy atom. The van der Waals surface area contributed by atoms with Gasteiger partial charge in [0.05, 0.1) is 25.5 Å². The maximum absolute atomic E-state index is 12.9. The molecule has 11 heteroatoms. The number of nitrogens with zero attached hydrogens (tertiary/aromatic N) is 3. The van der Waals surface area contributed by atoms with Crippen LogP contribution in [0.1, 0.15) is 52.3 Å². The summed E-state index contributed by atoms with van der Waals surface area (Å²) in [5.74, 6) is 1.53. The second kappa shape index (κ2) is 13.5. The molecule has 0 bridgehead atoms. The minimum atomic E-state index is -0.404. The van der Waals surface area contributed by atoms with E-state index in [1.165, 1.54) is 41.5 Å². The van der Waals surface area contributed by atoms with Crippen molar-refractivity contribution in [2.75, 3.05) is 25.3 Å². The molecule has 38 heavy (non-hydrogen) atoms. The van der Waals surface area contributed by atoms with Crippen molar-refractivity contribution in [3.8, 4) is 11.5 Å². The lowest BCUT2D eigenvalue weighted by Gasteiger charge is -2.11. The summed E-state index contributed by atoms with van der Waals surface area (Å²) in [7, 11) is 2.99. The zero-order valence-electron chi connectivity index (χ0n) is 21.7. The Balaban J connectivity index is 1.42. The average molecular weight is 557 g/mol. The van der Waals surface area contributed by atoms with Crippen LogP contribution in [0, 0.1) is 0 Å². The average Bonchev–Trinajstić information content (AvgIpc) is 3.46. The monoisotopic (exact) mass is 556 g/mol. The summed E-state index contributed by atoms with van der Waals surface area (Å²) in [4.78, 5) is 26.7. The number of carbonyl (C=O) groups excluding carboxylic acids is 2. The molecular formula is C27H32N4O5S2. The van der Waals surface area contributed by atoms with Crippen molar-refractivity contribution < 1.29 is 23.8 Å². The molecule has 1 amide bonds. The SMILES string of the molecule is C=CCn1c(COc2ccc(OC)cc2)nnc1SCC(=O)Nc1sc2c(c1C(=O)OC)CCCCCC2. The van der Waals surface area contributed by atoms with Gasteiger partial charge in [0.15, 0.2) is 11.0 Å². The maximum Gasteiger partial charge on any atom is 0.341 e. The molecule has 0 unspecified atom stereocenters. The molecule has 1 aromatic carbocycles. The van der Waals surface area contributed by atoms with Crippen LogP contribution in [0.15, 0.2) is 42.1 Å². The summed E-state index contributed by atoms with van der Waals surface area (Å²) in [6.07, 6.45) is 7.93. The van der Waals surface area contributed by atoms with Crippen LogP contribution in [0.5, 0.6) is 11.5 Å². The number of carbonyl (C=O) groups is 2. The van der Waals surface area contributed by atoms with E-state index >= 15 is 0 Å². The quantitative estimate of drug-likeness (QED) is 0.193. The van der Waals surface area contributed by atoms with Crippen molar-refractivity contribution in [1.29, 1.82) is 0 Å². The van der Waals surface area contributed by atoms with Crippen molar-refractivity contribution in [2.24, 2.45) is 0 Å². The van der Waals surface area contributed by atoms with Crippen LogP contribution in [0.2, 0.25) is 0 Å². The number of benzene rings is 1. The molecule has 0 fully saturated rings. The van der Waals surface area contributed by atoms with E-state index in [-0.39, 0.29) is 18.3 Å². The van der Waals surface area contributed by atoms with E-state index in [4.69, 9.17) is 14.2 Å². The third-order valence-electron chi connectivity index (χ3n) is 6.18. The van der Waals surface area contributed by atoms with Gasteiger partial charge in [0.2, 0.25) is 5.91 Å². The van der Waals surface area contributed by atoms with Gasteiger partial charge in [-0.15, -0.1) is 28.1 Å². The van der Waals surface area contributed by atoms with Crippen molar-refractivity contribution in [1.82, 2.24) is 14.8 Å². The molecule has 3 aromatic rings. The second-order valence-corrected chi connectivity index (χ2v) is 10.8. The molecule has 202 valence electrons. The van der Waals surface area contributed by atoms with Crippen molar-refractivity contribution in [2.45, 2.75) is 56.8 Å². The molecule has 1 N–H and O–H groups in total. The Morgan fingerprint density at radius 1 is 1.11 bits per heavy atom. The van der Waals surface area contributed by atoms with Crippen LogP contribution in [0.25, 0.3) is 0 Å². The van der Waals surface area contributed by atoms with Crippen molar-refractivity contribution >= 4 is 40.0 Å². The lowest BCUT2D eigenvalue weighted by Crippen LogP contribution is -2.17. The molecule has 0 radical (unpaired) electrons. The zero-order chi connectivity index (χ0) is 26.9. The molecule has 1 aliphatic carbocycles. The first-order chi connectivity index (χ1) is 18.5. The summed E-state index contributed by atoms with van der Waals surface area (Å²) in [6.45, 7) is 4.51. The molecule has 2 aromatic heterocycles. The molecule has 0 saturated carbocycles. The molecule has 4 rings (SSSR count). The standard InChI is InChI=1S/C27H32N4O5S2/c1-4-15-31-22(16-36-19-13-11-18(34-2)12-14-19)29-30-27(31)37-17-23(32)28-25-24(26(33)35-3)20-9-7-5-6-8-10-21(20)38-25/h4,11-14H,1,5-10,15-17H2,2-3H3,(H,28,32). The highest BCUT2D eigenvalue weighted by atomic mass is 32.2. The van der Waals surface area contributed by atoms with Gasteiger partial charge in [-0.3, -0.25) is 9.36 Å². The van der Waals surface area contributed by atoms with E-state index in [1.54, 1.807) is 13.2 Å². The molecule has 0 spiro atoms. The predicted octanol–water partition coefficient (Wildman–Crippen LogP) is 5.29. The van der Waals surface area contributed by atoms with E-state index in [1.807, 2.05) is 28.8 Å². The second-order valence-electron chi connectivity index (χ2n) is 8.71. The fourth-order valence-electron chi connectivity index (χ4n) is 4.28. The Bertz CT molecular complexity index is 1270. The van der Waals surface area contributed by atoms with Crippen LogP contribution in [0.3, 0.4) is 0 Å². The number of fused-ring (bicyclic) bond motifs is 1. The third-order valence-corrected chi connectivity index (χ3v) is 8.35. The molecule has 0 aliphatic heterocycles. The fourth-order valence-corrected chi connectivity index (χ4v) is 6.34. The summed E-state index contributed by atoms with van der Waals surface area (Å²) >= 11 is 2.76. The van der Waals surface area contributed by atoms with Gasteiger partial charge < -0.3 is 19.5 Å². The number of ether oxygens (including phenoxy) is 3. The topological polar surface area (TPSA) is 105 Å². The van der Waals surface area contributed by atoms with E-state index in [2.05, 4.69) is 22.1 Å². The molecule has 0 saturated heterocycles. The number of anilines is 1. The van der Waals surface area contributed by atoms with Gasteiger partial charge in [0.25, 0.3) is 0 Å². The highest BCUT2D eigenvalue weighted by Gasteiger charge is 2.26. The van der Waals surface area contributed by atoms with Crippen molar-refractivity contribution in [3.05, 3.63) is 58.7 Å². The predicted molar refractivity (Wildman–Crippen MR) is 148 cm³/mol. The van der Waals surface area contributed by atoms with Crippen LogP contribution >= 0.6 is 23.1 Å². The minimum absolute atomic E-state index is 0.109. The van der Waals surface area contributed by atoms with Gasteiger partial charge in [0.1, 0.15) is 23.1 Å². The number of aryl methyl sites for hydroxylation is 1. The molecular weight excluding hydrogens is 524 g/mol. The fraction of sp³-hybridized carbons (Fsp3) is 0.407. The number of hydrogen-bond donors (Lipinski definition) is 1. The highest BCUT2D eigenvalue weighted by Crippen LogP contribution is 2.37. The first-order valence-corrected chi connectivity index (χ1v) is 14.3. The largest absolute Gasteiger partial charge is 0.497 e. The van der Waals surface area contributed by atoms with Crippen LogP contribution in [-0.2, 0) is 35.5 Å². The van der Waals surface area contributed by atoms with Crippen LogP contribution < -0.4 is 14.8 Å².